The molecule has 37 heavy (non-hydrogen) atoms. The molecule has 198 valence electrons. The molecular weight excluding hydrogens is 503 g/mol. The van der Waals surface area contributed by atoms with Crippen LogP contribution in [0.25, 0.3) is 10.8 Å². The van der Waals surface area contributed by atoms with Crippen molar-refractivity contribution in [2.24, 2.45) is 11.1 Å². The molecule has 0 bridgehead atoms. The van der Waals surface area contributed by atoms with Gasteiger partial charge in [-0.1, -0.05) is 38.1 Å². The number of nitrogens with one attached hydrogen (secondary N) is 4. The largest absolute Gasteiger partial charge is 0.352 e. The highest BCUT2D eigenvalue weighted by molar-refractivity contribution is 7.89. The Kier molecular flexibility index (Phi) is 8.61. The van der Waals surface area contributed by atoms with Gasteiger partial charge in [-0.3, -0.25) is 9.59 Å². The van der Waals surface area contributed by atoms with Gasteiger partial charge in [0.25, 0.3) is 11.5 Å². The predicted molar refractivity (Wildman–Crippen MR) is 137 cm³/mol. The molecule has 0 aliphatic carbocycles. The summed E-state index contributed by atoms with van der Waals surface area (Å²) < 4.78 is 41.1. The van der Waals surface area contributed by atoms with E-state index in [1.807, 2.05) is 0 Å². The predicted octanol–water partition coefficient (Wildman–Crippen LogP) is 0.997. The molecule has 1 aromatic heterocycles. The topological polar surface area (TPSA) is 176 Å². The maximum Gasteiger partial charge on any atom is 0.312 e. The number of H-pyrrole nitrogens is 1. The Morgan fingerprint density at radius 2 is 1.78 bits per heavy atom. The quantitative estimate of drug-likeness (QED) is 0.246. The molecule has 0 saturated carbocycles. The number of primary amides is 1. The van der Waals surface area contributed by atoms with Crippen molar-refractivity contribution < 1.29 is 22.4 Å². The summed E-state index contributed by atoms with van der Waals surface area (Å²) in [4.78, 5) is 35.5. The summed E-state index contributed by atoms with van der Waals surface area (Å²) in [5, 5.41) is 12.6. The average molecular weight is 533 g/mol. The second kappa shape index (κ2) is 11.5. The van der Waals surface area contributed by atoms with Gasteiger partial charge in [0.05, 0.1) is 22.4 Å². The standard InChI is InChI=1S/C24H29FN6O5S/c1-24(2,14-29-37(35,36)10-9-27-23(26)34)13-28-21(32)18-11-15(7-8-19(18)25)12-20-16-5-3-4-6-17(16)22(33)31-30-20/h3-8,11,29H,9-10,12-14H2,1-2H3,(H,28,32)(H,31,33)(H3,26,27,34). The van der Waals surface area contributed by atoms with E-state index in [-0.39, 0.29) is 42.9 Å². The van der Waals surface area contributed by atoms with Crippen LogP contribution in [0, 0.1) is 11.2 Å². The molecule has 6 N–H and O–H groups in total. The van der Waals surface area contributed by atoms with Crippen LogP contribution < -0.4 is 26.6 Å². The Morgan fingerprint density at radius 3 is 2.49 bits per heavy atom. The van der Waals surface area contributed by atoms with E-state index in [0.29, 0.717) is 22.0 Å². The third kappa shape index (κ3) is 7.82. The number of fused-ring (bicyclic) bond motifs is 1. The van der Waals surface area contributed by atoms with Crippen molar-refractivity contribution in [1.29, 1.82) is 0 Å². The van der Waals surface area contributed by atoms with Crippen LogP contribution >= 0.6 is 0 Å². The zero-order valence-electron chi connectivity index (χ0n) is 20.4. The van der Waals surface area contributed by atoms with Gasteiger partial charge in [0.2, 0.25) is 10.0 Å². The van der Waals surface area contributed by atoms with Gasteiger partial charge < -0.3 is 16.4 Å². The fraction of sp³-hybridized carbons (Fsp3) is 0.333. The van der Waals surface area contributed by atoms with Gasteiger partial charge in [-0.25, -0.2) is 27.4 Å². The Hall–Kier alpha value is -3.84. The summed E-state index contributed by atoms with van der Waals surface area (Å²) in [6, 6.07) is 10.3. The number of halogens is 1. The second-order valence-electron chi connectivity index (χ2n) is 9.31. The summed E-state index contributed by atoms with van der Waals surface area (Å²) >= 11 is 0. The van der Waals surface area contributed by atoms with E-state index < -0.39 is 33.2 Å². The van der Waals surface area contributed by atoms with Crippen molar-refractivity contribution in [2.75, 3.05) is 25.4 Å². The Balaban J connectivity index is 1.65. The van der Waals surface area contributed by atoms with Crippen LogP contribution in [0.3, 0.4) is 0 Å². The molecule has 0 saturated heterocycles. The minimum atomic E-state index is -3.68. The van der Waals surface area contributed by atoms with E-state index in [0.717, 1.165) is 0 Å². The lowest BCUT2D eigenvalue weighted by Crippen LogP contribution is -2.44. The highest BCUT2D eigenvalue weighted by atomic mass is 32.2. The molecule has 3 amide bonds. The molecule has 3 aromatic rings. The van der Waals surface area contributed by atoms with Crippen molar-refractivity contribution >= 4 is 32.7 Å². The van der Waals surface area contributed by atoms with Crippen LogP contribution in [0.15, 0.2) is 47.3 Å². The maximum atomic E-state index is 14.5. The van der Waals surface area contributed by atoms with E-state index >= 15 is 0 Å². The van der Waals surface area contributed by atoms with Gasteiger partial charge >= 0.3 is 6.03 Å². The first-order chi connectivity index (χ1) is 17.4. The molecule has 0 spiro atoms. The first-order valence-electron chi connectivity index (χ1n) is 11.4. The molecule has 0 aliphatic rings. The molecular formula is C24H29FN6O5S. The van der Waals surface area contributed by atoms with E-state index in [2.05, 4.69) is 25.6 Å². The lowest BCUT2D eigenvalue weighted by Gasteiger charge is -2.25. The monoisotopic (exact) mass is 532 g/mol. The summed E-state index contributed by atoms with van der Waals surface area (Å²) in [5.41, 5.74) is 4.93. The summed E-state index contributed by atoms with van der Waals surface area (Å²) in [6.07, 6.45) is 0.260. The van der Waals surface area contributed by atoms with Crippen LogP contribution in [0.2, 0.25) is 0 Å². The van der Waals surface area contributed by atoms with E-state index in [1.54, 1.807) is 44.2 Å². The number of nitrogens with two attached hydrogens (primary N) is 1. The minimum absolute atomic E-state index is 0.000337. The van der Waals surface area contributed by atoms with Crippen LogP contribution in [0.5, 0.6) is 0 Å². The van der Waals surface area contributed by atoms with Crippen LogP contribution in [0.4, 0.5) is 9.18 Å². The van der Waals surface area contributed by atoms with Crippen molar-refractivity contribution in [3.05, 3.63) is 75.5 Å². The second-order valence-corrected chi connectivity index (χ2v) is 11.2. The number of aromatic nitrogens is 2. The number of sulfonamides is 1. The van der Waals surface area contributed by atoms with E-state index in [1.165, 1.54) is 12.1 Å². The SMILES string of the molecule is CC(C)(CNC(=O)c1cc(Cc2n[nH]c(=O)c3ccccc23)ccc1F)CNS(=O)(=O)CCNC(N)=O. The number of carbonyl (C=O) groups excluding carboxylic acids is 2. The van der Waals surface area contributed by atoms with Gasteiger partial charge in [-0.15, -0.1) is 0 Å². The summed E-state index contributed by atoms with van der Waals surface area (Å²) in [6.45, 7) is 3.39. The fourth-order valence-corrected chi connectivity index (χ4v) is 4.65. The highest BCUT2D eigenvalue weighted by Gasteiger charge is 2.23. The van der Waals surface area contributed by atoms with E-state index in [9.17, 15) is 27.2 Å². The Morgan fingerprint density at radius 1 is 1.08 bits per heavy atom. The zero-order chi connectivity index (χ0) is 27.2. The maximum absolute atomic E-state index is 14.5. The number of nitrogens with zero attached hydrogens (tertiary/aromatic N) is 1. The first-order valence-corrected chi connectivity index (χ1v) is 13.1. The number of rotatable bonds is 11. The molecule has 0 radical (unpaired) electrons. The van der Waals surface area contributed by atoms with Gasteiger partial charge in [0, 0.05) is 31.4 Å². The van der Waals surface area contributed by atoms with Crippen molar-refractivity contribution in [3.63, 3.8) is 0 Å². The number of hydrogen-bond acceptors (Lipinski definition) is 6. The van der Waals surface area contributed by atoms with E-state index in [4.69, 9.17) is 5.73 Å². The van der Waals surface area contributed by atoms with Crippen molar-refractivity contribution in [3.8, 4) is 0 Å². The number of hydrogen-bond donors (Lipinski definition) is 5. The number of amides is 3. The third-order valence-electron chi connectivity index (χ3n) is 5.59. The smallest absolute Gasteiger partial charge is 0.312 e. The molecule has 11 nitrogen and oxygen atoms in total. The van der Waals surface area contributed by atoms with Crippen molar-refractivity contribution in [2.45, 2.75) is 20.3 Å². The zero-order valence-corrected chi connectivity index (χ0v) is 21.2. The molecule has 3 rings (SSSR count). The van der Waals surface area contributed by atoms with Crippen LogP contribution in [-0.4, -0.2) is 55.9 Å². The number of benzene rings is 2. The highest BCUT2D eigenvalue weighted by Crippen LogP contribution is 2.19. The molecule has 0 aliphatic heterocycles. The number of carbonyl (C=O) groups is 2. The summed E-state index contributed by atoms with van der Waals surface area (Å²) in [7, 11) is -3.68. The molecule has 1 heterocycles. The third-order valence-corrected chi connectivity index (χ3v) is 6.92. The lowest BCUT2D eigenvalue weighted by atomic mass is 9.93. The Labute approximate surface area is 213 Å². The average Bonchev–Trinajstić information content (AvgIpc) is 2.84. The molecule has 13 heteroatoms. The van der Waals surface area contributed by atoms with Gasteiger partial charge in [-0.05, 0) is 29.2 Å². The minimum Gasteiger partial charge on any atom is -0.352 e. The molecule has 0 fully saturated rings. The normalized spacial score (nSPS) is 11.9. The molecule has 2 aromatic carbocycles. The first kappa shape index (κ1) is 27.7. The van der Waals surface area contributed by atoms with Crippen LogP contribution in [-0.2, 0) is 16.4 Å². The van der Waals surface area contributed by atoms with Crippen LogP contribution in [0.1, 0.15) is 35.5 Å². The Bertz CT molecular complexity index is 1470. The number of urea groups is 1. The fourth-order valence-electron chi connectivity index (χ4n) is 3.52. The van der Waals surface area contributed by atoms with Crippen molar-refractivity contribution in [1.82, 2.24) is 25.6 Å². The van der Waals surface area contributed by atoms with Gasteiger partial charge in [-0.2, -0.15) is 5.10 Å². The lowest BCUT2D eigenvalue weighted by molar-refractivity contribution is 0.0933. The van der Waals surface area contributed by atoms with Gasteiger partial charge in [0.15, 0.2) is 0 Å². The molecule has 0 unspecified atom stereocenters. The van der Waals surface area contributed by atoms with Gasteiger partial charge in [0.1, 0.15) is 5.82 Å². The molecule has 0 atom stereocenters. The summed E-state index contributed by atoms with van der Waals surface area (Å²) in [5.74, 6) is -1.71. The number of aromatic amines is 1.